The van der Waals surface area contributed by atoms with Gasteiger partial charge in [-0.3, -0.25) is 0 Å². The molecule has 10 nitrogen and oxygen atoms in total. The first-order valence-corrected chi connectivity index (χ1v) is 36.4. The van der Waals surface area contributed by atoms with Crippen molar-refractivity contribution < 1.29 is 19.0 Å². The average molecular weight is 844 g/mol. The van der Waals surface area contributed by atoms with Crippen LogP contribution in [0.25, 0.3) is 16.8 Å². The maximum absolute atomic E-state index is 13.3. The monoisotopic (exact) mass is 844 g/mol. The summed E-state index contributed by atoms with van der Waals surface area (Å²) in [7, 11) is -2.51. The van der Waals surface area contributed by atoms with E-state index in [9.17, 15) is 4.79 Å². The molecule has 282 valence electrons. The number of rotatable bonds is 14. The third-order valence-corrected chi connectivity index (χ3v) is 18.5. The molecule has 2 fully saturated rings. The Kier molecular flexibility index (Phi) is 12.4. The quantitative estimate of drug-likeness (QED) is 0.0908. The van der Waals surface area contributed by atoms with Gasteiger partial charge in [0.15, 0.2) is 0 Å². The molecule has 0 N–H and O–H groups in total. The van der Waals surface area contributed by atoms with Gasteiger partial charge in [-0.05, 0) is 32.9 Å². The molecular weight excluding hydrogens is 779 g/mol. The Bertz CT molecular complexity index is 1610. The summed E-state index contributed by atoms with van der Waals surface area (Å²) < 4.78 is 21.8. The van der Waals surface area contributed by atoms with Crippen molar-refractivity contribution in [3.05, 3.63) is 36.3 Å². The molecule has 0 radical (unpaired) electrons. The first-order chi connectivity index (χ1) is 23.7. The predicted octanol–water partition coefficient (Wildman–Crippen LogP) is 8.41. The number of pyridine rings is 1. The molecule has 2 saturated heterocycles. The first kappa shape index (κ1) is 40.2. The van der Waals surface area contributed by atoms with Crippen molar-refractivity contribution in [1.29, 1.82) is 0 Å². The maximum atomic E-state index is 13.3. The van der Waals surface area contributed by atoms with Gasteiger partial charge in [0.2, 0.25) is 0 Å². The summed E-state index contributed by atoms with van der Waals surface area (Å²) in [5.74, 6) is 1.12. The van der Waals surface area contributed by atoms with Crippen LogP contribution in [-0.2, 0) is 14.2 Å². The zero-order valence-electron chi connectivity index (χ0n) is 33.5. The van der Waals surface area contributed by atoms with Gasteiger partial charge in [0.05, 0.1) is 0 Å². The van der Waals surface area contributed by atoms with Crippen molar-refractivity contribution in [2.75, 3.05) is 31.6 Å². The fourth-order valence-corrected chi connectivity index (χ4v) is 11.4. The fourth-order valence-electron chi connectivity index (χ4n) is 6.91. The number of piperidine rings is 1. The summed E-state index contributed by atoms with van der Waals surface area (Å²) >= 11 is -2.33. The summed E-state index contributed by atoms with van der Waals surface area (Å²) in [5.41, 5.74) is 3.31. The number of ether oxygens (including phenoxy) is 3. The predicted molar refractivity (Wildman–Crippen MR) is 216 cm³/mol. The number of aromatic nitrogens is 4. The van der Waals surface area contributed by atoms with E-state index in [2.05, 4.69) is 77.2 Å². The third-order valence-electron chi connectivity index (χ3n) is 9.88. The van der Waals surface area contributed by atoms with Crippen LogP contribution >= 0.6 is 0 Å². The molecule has 0 saturated carbocycles. The minimum atomic E-state index is -2.33. The Morgan fingerprint density at radius 1 is 0.922 bits per heavy atom. The summed E-state index contributed by atoms with van der Waals surface area (Å²) in [4.78, 5) is 35.0. The van der Waals surface area contributed by atoms with Crippen LogP contribution in [0, 0.1) is 0 Å². The third kappa shape index (κ3) is 10.8. The molecule has 51 heavy (non-hydrogen) atoms. The summed E-state index contributed by atoms with van der Waals surface area (Å²) in [5, 5.41) is 4.95. The van der Waals surface area contributed by atoms with E-state index < -0.39 is 40.1 Å². The molecule has 2 aliphatic rings. The van der Waals surface area contributed by atoms with Gasteiger partial charge in [0, 0.05) is 16.1 Å². The van der Waals surface area contributed by atoms with Crippen LogP contribution in [0.5, 0.6) is 0 Å². The number of hydrogen-bond donors (Lipinski definition) is 0. The number of nitrogens with zero attached hydrogens (tertiary/aromatic N) is 6. The molecule has 0 aromatic carbocycles. The van der Waals surface area contributed by atoms with Crippen molar-refractivity contribution in [3.8, 4) is 11.1 Å². The van der Waals surface area contributed by atoms with Crippen molar-refractivity contribution >= 4 is 55.8 Å². The number of carbonyl (C=O) groups excluding carboxylic acids is 1. The topological polar surface area (TPSA) is 94.3 Å². The van der Waals surface area contributed by atoms with Gasteiger partial charge in [-0.2, -0.15) is 0 Å². The van der Waals surface area contributed by atoms with E-state index in [1.165, 1.54) is 3.71 Å². The van der Waals surface area contributed by atoms with E-state index in [0.717, 1.165) is 79.3 Å². The molecule has 3 aromatic heterocycles. The van der Waals surface area contributed by atoms with Gasteiger partial charge < -0.3 is 4.74 Å². The van der Waals surface area contributed by atoms with Crippen LogP contribution in [0.2, 0.25) is 66.2 Å². The number of anilines is 1. The van der Waals surface area contributed by atoms with E-state index in [1.807, 2.05) is 42.6 Å². The molecule has 0 spiro atoms. The zero-order valence-corrected chi connectivity index (χ0v) is 38.4. The van der Waals surface area contributed by atoms with Gasteiger partial charge in [0.25, 0.3) is 0 Å². The normalized spacial score (nSPS) is 19.9. The molecule has 0 aliphatic carbocycles. The average Bonchev–Trinajstić information content (AvgIpc) is 3.55. The van der Waals surface area contributed by atoms with Crippen molar-refractivity contribution in [3.63, 3.8) is 0 Å². The number of amides is 1. The van der Waals surface area contributed by atoms with E-state index in [4.69, 9.17) is 29.3 Å². The van der Waals surface area contributed by atoms with E-state index >= 15 is 0 Å². The summed E-state index contributed by atoms with van der Waals surface area (Å²) in [6.07, 6.45) is 7.44. The number of hydrogen-bond acceptors (Lipinski definition) is 8. The molecule has 0 unspecified atom stereocenters. The second-order valence-corrected chi connectivity index (χ2v) is 44.7. The summed E-state index contributed by atoms with van der Waals surface area (Å²) in [6.45, 7) is 22.3. The zero-order chi connectivity index (χ0) is 37.4. The van der Waals surface area contributed by atoms with E-state index in [0.29, 0.717) is 13.5 Å². The number of fused-ring (bicyclic) bond motifs is 3. The minimum absolute atomic E-state index is 0.140. The van der Waals surface area contributed by atoms with Crippen LogP contribution < -0.4 is 8.61 Å². The standard InChI is InChI=1S/C35H55N6O4Si2.3CH3.Sn/c1-35(2,3)45-34(42)40-28-12-13-29(40)20-27(19-28)31-21-32(41-33(38-31)30(23-37-41)26-11-10-14-36-22-26)39(24-43-15-17-46(4,5)6)25-44-16-18-47(7,8)9;;;;/h10-11,21-23,27-29H,12-13,15-20,24-25H2,1-9H3;3*1H3;/t27-,28+,29-;;;;. The Balaban J connectivity index is 1.53. The molecule has 3 aromatic rings. The Morgan fingerprint density at radius 2 is 1.51 bits per heavy atom. The second kappa shape index (κ2) is 15.8. The molecule has 2 aliphatic heterocycles. The van der Waals surface area contributed by atoms with Crippen LogP contribution in [-0.4, -0.2) is 109 Å². The Hall–Kier alpha value is -2.01. The Labute approximate surface area is 312 Å². The molecule has 13 heteroatoms. The van der Waals surface area contributed by atoms with Crippen molar-refractivity contribution in [2.24, 2.45) is 0 Å². The molecule has 2 bridgehead atoms. The van der Waals surface area contributed by atoms with Crippen molar-refractivity contribution in [2.45, 2.75) is 136 Å². The van der Waals surface area contributed by atoms with Crippen LogP contribution in [0.4, 0.5) is 10.6 Å². The molecule has 5 heterocycles. The van der Waals surface area contributed by atoms with Gasteiger partial charge in [0.1, 0.15) is 5.60 Å². The van der Waals surface area contributed by atoms with E-state index in [-0.39, 0.29) is 24.1 Å². The Morgan fingerprint density at radius 3 is 2.00 bits per heavy atom. The SMILES string of the molecule is CC(C)(C)OC(=O)N1[C@@H]2CC[C@H]1C[C@@H](c1cc(N(COCC[Si](C)(C)C)COCC[Si](C)(C)C)n3ncc(-c4cc[c]([Sn]([CH3])([CH3])[CH3])nc4)c3n1)C2. The van der Waals surface area contributed by atoms with Gasteiger partial charge in [-0.1, -0.05) is 39.3 Å². The van der Waals surface area contributed by atoms with Gasteiger partial charge in [-0.25, -0.2) is 4.79 Å². The van der Waals surface area contributed by atoms with Crippen LogP contribution in [0.3, 0.4) is 0 Å². The van der Waals surface area contributed by atoms with Crippen molar-refractivity contribution in [1.82, 2.24) is 24.5 Å². The van der Waals surface area contributed by atoms with E-state index in [1.54, 1.807) is 0 Å². The van der Waals surface area contributed by atoms with Gasteiger partial charge >= 0.3 is 211 Å². The second-order valence-electron chi connectivity index (χ2n) is 19.2. The fraction of sp³-hybridized carbons (Fsp3) is 0.684. The van der Waals surface area contributed by atoms with Crippen LogP contribution in [0.1, 0.15) is 58.1 Å². The summed E-state index contributed by atoms with van der Waals surface area (Å²) in [6, 6.07) is 9.07. The molecule has 3 atom stereocenters. The van der Waals surface area contributed by atoms with Crippen LogP contribution in [0.15, 0.2) is 30.6 Å². The number of carbonyl (C=O) groups is 1. The van der Waals surface area contributed by atoms with Gasteiger partial charge in [-0.15, -0.1) is 0 Å². The molecule has 1 amide bonds. The molecule has 5 rings (SSSR count). The first-order valence-electron chi connectivity index (χ1n) is 19.0. The molecular formula is C38H64N6O4Si2Sn.